The molecule has 0 amide bonds. The molecule has 3 atom stereocenters. The van der Waals surface area contributed by atoms with E-state index < -0.39 is 23.8 Å². The van der Waals surface area contributed by atoms with E-state index in [1.807, 2.05) is 11.6 Å². The fourth-order valence-electron chi connectivity index (χ4n) is 4.25. The molecule has 1 saturated heterocycles. The van der Waals surface area contributed by atoms with Crippen LogP contribution in [0.1, 0.15) is 35.3 Å². The molecular weight excluding hydrogens is 392 g/mol. The number of hydrogen-bond donors (Lipinski definition) is 2. The first kappa shape index (κ1) is 20.6. The number of nitrogens with two attached hydrogens (primary N) is 2. The maximum atomic E-state index is 14.1. The van der Waals surface area contributed by atoms with Gasteiger partial charge in [0.25, 0.3) is 0 Å². The third-order valence-corrected chi connectivity index (χ3v) is 5.79. The molecule has 0 aliphatic carbocycles. The van der Waals surface area contributed by atoms with E-state index >= 15 is 0 Å². The number of halogens is 2. The Morgan fingerprint density at radius 1 is 1.33 bits per heavy atom. The van der Waals surface area contributed by atoms with Crippen molar-refractivity contribution in [2.75, 3.05) is 13.7 Å². The number of ether oxygens (including phenoxy) is 1. The third-order valence-electron chi connectivity index (χ3n) is 5.79. The van der Waals surface area contributed by atoms with Crippen molar-refractivity contribution in [2.24, 2.45) is 28.5 Å². The first-order valence-electron chi connectivity index (χ1n) is 9.75. The fourth-order valence-corrected chi connectivity index (χ4v) is 4.25. The van der Waals surface area contributed by atoms with Crippen molar-refractivity contribution >= 4 is 12.2 Å². The van der Waals surface area contributed by atoms with Gasteiger partial charge in [0.15, 0.2) is 11.7 Å². The molecule has 0 saturated carbocycles. The van der Waals surface area contributed by atoms with Gasteiger partial charge in [0.1, 0.15) is 17.7 Å². The molecule has 2 aromatic rings. The molecule has 3 heterocycles. The molecule has 1 aromatic heterocycles. The normalized spacial score (nSPS) is 25.2. The minimum Gasteiger partial charge on any atom is -0.390 e. The molecule has 4 rings (SSSR count). The fraction of sp³-hybridized carbons (Fsp3) is 0.450. The molecule has 2 aliphatic rings. The smallest absolute Gasteiger partial charge is 0.192 e. The molecule has 1 fully saturated rings. The third kappa shape index (κ3) is 3.62. The number of aliphatic imine (C=N–C) groups is 2. The minimum atomic E-state index is -0.663. The van der Waals surface area contributed by atoms with Gasteiger partial charge in [0, 0.05) is 44.8 Å². The van der Waals surface area contributed by atoms with E-state index in [1.165, 1.54) is 6.34 Å². The first-order chi connectivity index (χ1) is 14.4. The maximum Gasteiger partial charge on any atom is 0.192 e. The average Bonchev–Trinajstić information content (AvgIpc) is 3.28. The molecule has 0 spiro atoms. The van der Waals surface area contributed by atoms with Gasteiger partial charge >= 0.3 is 0 Å². The van der Waals surface area contributed by atoms with Gasteiger partial charge in [0.2, 0.25) is 0 Å². The van der Waals surface area contributed by atoms with Crippen molar-refractivity contribution < 1.29 is 13.5 Å². The maximum absolute atomic E-state index is 14.1. The van der Waals surface area contributed by atoms with Gasteiger partial charge in [0.05, 0.1) is 24.3 Å². The highest BCUT2D eigenvalue weighted by Crippen LogP contribution is 2.34. The minimum absolute atomic E-state index is 0.0619. The molecule has 0 radical (unpaired) electrons. The van der Waals surface area contributed by atoms with Gasteiger partial charge in [-0.2, -0.15) is 0 Å². The summed E-state index contributed by atoms with van der Waals surface area (Å²) in [7, 11) is 3.57. The van der Waals surface area contributed by atoms with Crippen LogP contribution in [0.3, 0.4) is 0 Å². The number of amidine groups is 1. The molecule has 10 heteroatoms. The zero-order valence-electron chi connectivity index (χ0n) is 16.9. The number of imidazole rings is 1. The molecule has 2 unspecified atom stereocenters. The largest absolute Gasteiger partial charge is 0.390 e. The number of benzene rings is 1. The van der Waals surface area contributed by atoms with E-state index in [9.17, 15) is 8.78 Å². The lowest BCUT2D eigenvalue weighted by Gasteiger charge is -2.38. The Morgan fingerprint density at radius 2 is 2.13 bits per heavy atom. The van der Waals surface area contributed by atoms with Crippen LogP contribution in [0.5, 0.6) is 0 Å². The van der Waals surface area contributed by atoms with Crippen LogP contribution in [0.2, 0.25) is 0 Å². The van der Waals surface area contributed by atoms with E-state index in [0.29, 0.717) is 37.8 Å². The van der Waals surface area contributed by atoms with Crippen molar-refractivity contribution in [1.29, 1.82) is 0 Å². The number of rotatable bonds is 3. The summed E-state index contributed by atoms with van der Waals surface area (Å²) in [5.41, 5.74) is 13.9. The Kier molecular flexibility index (Phi) is 5.63. The molecule has 2 aliphatic heterocycles. The van der Waals surface area contributed by atoms with E-state index in [2.05, 4.69) is 19.9 Å². The lowest BCUT2D eigenvalue weighted by molar-refractivity contribution is -0.0535. The van der Waals surface area contributed by atoms with Crippen LogP contribution in [0, 0.1) is 11.6 Å². The van der Waals surface area contributed by atoms with Gasteiger partial charge in [-0.05, 0) is 24.6 Å². The number of aromatic nitrogens is 2. The van der Waals surface area contributed by atoms with Crippen molar-refractivity contribution in [3.8, 4) is 0 Å². The molecule has 4 N–H and O–H groups in total. The quantitative estimate of drug-likeness (QED) is 0.577. The topological polar surface area (TPSA) is 107 Å². The van der Waals surface area contributed by atoms with Crippen LogP contribution in [-0.2, 0) is 24.9 Å². The predicted molar refractivity (Wildman–Crippen MR) is 109 cm³/mol. The van der Waals surface area contributed by atoms with Crippen LogP contribution in [0.4, 0.5) is 8.78 Å². The summed E-state index contributed by atoms with van der Waals surface area (Å²) in [5.74, 6) is 0.135. The molecule has 30 heavy (non-hydrogen) atoms. The summed E-state index contributed by atoms with van der Waals surface area (Å²) in [6, 6.07) is 2.98. The molecule has 8 nitrogen and oxygen atoms in total. The van der Waals surface area contributed by atoms with Crippen LogP contribution in [0.25, 0.3) is 0 Å². The Bertz CT molecular complexity index is 1000. The van der Waals surface area contributed by atoms with Crippen molar-refractivity contribution in [3.05, 3.63) is 52.6 Å². The summed E-state index contributed by atoms with van der Waals surface area (Å²) >= 11 is 0. The molecular formula is C20H25F2N7O. The van der Waals surface area contributed by atoms with E-state index in [1.54, 1.807) is 7.05 Å². The summed E-state index contributed by atoms with van der Waals surface area (Å²) in [4.78, 5) is 15.1. The summed E-state index contributed by atoms with van der Waals surface area (Å²) in [5, 5.41) is 0. The number of hydrogen-bond acceptors (Lipinski definition) is 5. The van der Waals surface area contributed by atoms with E-state index in [-0.39, 0.29) is 11.6 Å². The summed E-state index contributed by atoms with van der Waals surface area (Å²) in [6.07, 6.45) is 1.15. The molecule has 160 valence electrons. The van der Waals surface area contributed by atoms with Gasteiger partial charge in [-0.15, -0.1) is 0 Å². The second kappa shape index (κ2) is 8.21. The van der Waals surface area contributed by atoms with Gasteiger partial charge in [-0.3, -0.25) is 9.89 Å². The van der Waals surface area contributed by atoms with Crippen LogP contribution >= 0.6 is 0 Å². The molecule has 0 bridgehead atoms. The lowest BCUT2D eigenvalue weighted by atomic mass is 9.93. The Balaban J connectivity index is 1.46. The number of nitrogens with zero attached hydrogens (tertiary/aromatic N) is 5. The predicted octanol–water partition coefficient (Wildman–Crippen LogP) is 1.23. The SMILES string of the molecule is CN=C(N=CN)c1nc2c(n1C)CN(C1CO[C@H](c3cc(F)ccc3F)C(N)C1)C2. The summed E-state index contributed by atoms with van der Waals surface area (Å²) < 4.78 is 35.6. The van der Waals surface area contributed by atoms with Crippen LogP contribution in [0.15, 0.2) is 28.2 Å². The van der Waals surface area contributed by atoms with Crippen molar-refractivity contribution in [3.63, 3.8) is 0 Å². The van der Waals surface area contributed by atoms with Crippen molar-refractivity contribution in [2.45, 2.75) is 37.7 Å². The highest BCUT2D eigenvalue weighted by molar-refractivity contribution is 6.00. The van der Waals surface area contributed by atoms with Gasteiger partial charge in [-0.1, -0.05) is 0 Å². The second-order valence-corrected chi connectivity index (χ2v) is 7.59. The van der Waals surface area contributed by atoms with Gasteiger partial charge < -0.3 is 20.8 Å². The average molecular weight is 417 g/mol. The summed E-state index contributed by atoms with van der Waals surface area (Å²) in [6.45, 7) is 1.71. The zero-order valence-corrected chi connectivity index (χ0v) is 16.9. The highest BCUT2D eigenvalue weighted by atomic mass is 19.1. The standard InChI is InChI=1S/C20H25F2N7O/c1-25-19(26-10-23)20-27-16-7-29(8-17(16)28(20)2)12-6-15(24)18(30-9-12)13-5-11(21)3-4-14(13)22/h3-5,10,12,15,18H,6-9,24H2,1-2H3,(H2,23,25,26)/t12?,15?,18-/m1/s1. The lowest BCUT2D eigenvalue weighted by Crippen LogP contribution is -2.48. The van der Waals surface area contributed by atoms with Crippen LogP contribution in [-0.4, -0.2) is 52.4 Å². The van der Waals surface area contributed by atoms with E-state index in [4.69, 9.17) is 16.2 Å². The Hall–Kier alpha value is -2.69. The Morgan fingerprint density at radius 3 is 2.80 bits per heavy atom. The van der Waals surface area contributed by atoms with Crippen molar-refractivity contribution in [1.82, 2.24) is 14.5 Å². The Labute approximate surface area is 173 Å². The van der Waals surface area contributed by atoms with Crippen LogP contribution < -0.4 is 11.5 Å². The van der Waals surface area contributed by atoms with Gasteiger partial charge in [-0.25, -0.2) is 18.8 Å². The highest BCUT2D eigenvalue weighted by Gasteiger charge is 2.38. The van der Waals surface area contributed by atoms with E-state index in [0.717, 1.165) is 29.6 Å². The second-order valence-electron chi connectivity index (χ2n) is 7.59. The zero-order chi connectivity index (χ0) is 21.4. The monoisotopic (exact) mass is 417 g/mol. The first-order valence-corrected chi connectivity index (χ1v) is 9.75. The molecule has 1 aromatic carbocycles. The number of fused-ring (bicyclic) bond motifs is 1.